The normalized spacial score (nSPS) is 14.6. The molecule has 0 saturated carbocycles. The number of hydrogen-bond acceptors (Lipinski definition) is 5. The largest absolute Gasteiger partial charge is 0.377 e. The topological polar surface area (TPSA) is 32.3 Å². The molecule has 3 aromatic rings. The molecule has 0 bridgehead atoms. The molecule has 0 spiro atoms. The Labute approximate surface area is 179 Å². The number of thiophene rings is 1. The van der Waals surface area contributed by atoms with Crippen LogP contribution in [0.15, 0.2) is 23.6 Å². The minimum absolute atomic E-state index is 0. The Morgan fingerprint density at radius 3 is 2.50 bits per heavy atom. The molecule has 0 amide bonds. The van der Waals surface area contributed by atoms with Crippen LogP contribution >= 0.6 is 35.3 Å². The lowest BCUT2D eigenvalue weighted by Crippen LogP contribution is -2.25. The van der Waals surface area contributed by atoms with Gasteiger partial charge < -0.3 is 9.80 Å². The molecule has 3 heterocycles. The molecular weight excluding hydrogens is 418 g/mol. The molecule has 0 atom stereocenters. The van der Waals surface area contributed by atoms with E-state index < -0.39 is 5.82 Å². The van der Waals surface area contributed by atoms with Crippen molar-refractivity contribution in [2.75, 3.05) is 37.0 Å². The van der Waals surface area contributed by atoms with Crippen LogP contribution in [0, 0.1) is 5.82 Å². The number of anilines is 2. The van der Waals surface area contributed by atoms with Gasteiger partial charge in [0.2, 0.25) is 0 Å². The van der Waals surface area contributed by atoms with Crippen molar-refractivity contribution in [3.63, 3.8) is 0 Å². The molecule has 4 rings (SSSR count). The summed E-state index contributed by atoms with van der Waals surface area (Å²) in [5.41, 5.74) is 2.37. The van der Waals surface area contributed by atoms with Crippen molar-refractivity contribution in [2.24, 2.45) is 0 Å². The smallest absolute Gasteiger partial charge is 0.164 e. The minimum Gasteiger partial charge on any atom is -0.377 e. The van der Waals surface area contributed by atoms with Gasteiger partial charge in [0.25, 0.3) is 0 Å². The van der Waals surface area contributed by atoms with Crippen LogP contribution in [0.25, 0.3) is 21.6 Å². The molecule has 1 saturated heterocycles. The Balaban J connectivity index is 0.00000225. The van der Waals surface area contributed by atoms with Gasteiger partial charge in [-0.3, -0.25) is 0 Å². The summed E-state index contributed by atoms with van der Waals surface area (Å²) in [5.74, 6) is 1.05. The summed E-state index contributed by atoms with van der Waals surface area (Å²) in [6, 6.07) is 5.09. The maximum Gasteiger partial charge on any atom is 0.164 e. The fraction of sp³-hybridized carbons (Fsp3) is 0.400. The van der Waals surface area contributed by atoms with Crippen LogP contribution in [0.3, 0.4) is 0 Å². The highest BCUT2D eigenvalue weighted by Gasteiger charge is 2.20. The Morgan fingerprint density at radius 2 is 1.82 bits per heavy atom. The third kappa shape index (κ3) is 4.04. The number of fused-ring (bicyclic) bond motifs is 1. The fourth-order valence-electron chi connectivity index (χ4n) is 3.55. The predicted octanol–water partition coefficient (Wildman–Crippen LogP) is 6.02. The second-order valence-electron chi connectivity index (χ2n) is 7.08. The predicted molar refractivity (Wildman–Crippen MR) is 120 cm³/mol. The lowest BCUT2D eigenvalue weighted by molar-refractivity contribution is 0.628. The zero-order valence-corrected chi connectivity index (χ0v) is 18.3. The van der Waals surface area contributed by atoms with E-state index in [0.29, 0.717) is 11.4 Å². The Bertz CT molecular complexity index is 968. The summed E-state index contributed by atoms with van der Waals surface area (Å²) >= 11 is 7.68. The SMILES string of the molecule is CN(C)c1cc(Cl)c(F)cc1-c1nc(N2CCCCCC2)c2sccc2n1.Cl. The van der Waals surface area contributed by atoms with E-state index in [2.05, 4.69) is 4.90 Å². The molecule has 1 aliphatic rings. The van der Waals surface area contributed by atoms with E-state index in [0.717, 1.165) is 34.8 Å². The fourth-order valence-corrected chi connectivity index (χ4v) is 4.56. The third-order valence-corrected chi connectivity index (χ3v) is 6.14. The van der Waals surface area contributed by atoms with Crippen molar-refractivity contribution < 1.29 is 4.39 Å². The van der Waals surface area contributed by atoms with Gasteiger partial charge in [-0.2, -0.15) is 0 Å². The lowest BCUT2D eigenvalue weighted by Gasteiger charge is -2.23. The van der Waals surface area contributed by atoms with Gasteiger partial charge in [0.05, 0.1) is 15.2 Å². The molecule has 0 aliphatic carbocycles. The van der Waals surface area contributed by atoms with Gasteiger partial charge in [0.1, 0.15) is 5.82 Å². The molecule has 150 valence electrons. The monoisotopic (exact) mass is 440 g/mol. The standard InChI is InChI=1S/C20H22ClFN4S.ClH/c1-25(2)17-12-14(21)15(22)11-13(17)19-23-16-7-10-27-18(16)20(24-19)26-8-5-3-4-6-9-26;/h7,10-12H,3-6,8-9H2,1-2H3;1H. The van der Waals surface area contributed by atoms with Crippen LogP contribution in [-0.4, -0.2) is 37.2 Å². The first kappa shape index (κ1) is 21.1. The quantitative estimate of drug-likeness (QED) is 0.498. The van der Waals surface area contributed by atoms with E-state index >= 15 is 0 Å². The van der Waals surface area contributed by atoms with E-state index in [1.54, 1.807) is 17.4 Å². The maximum absolute atomic E-state index is 14.3. The number of aromatic nitrogens is 2. The van der Waals surface area contributed by atoms with Crippen LogP contribution in [0.1, 0.15) is 25.7 Å². The third-order valence-electron chi connectivity index (χ3n) is 4.95. The summed E-state index contributed by atoms with van der Waals surface area (Å²) in [4.78, 5) is 13.9. The lowest BCUT2D eigenvalue weighted by atomic mass is 10.1. The van der Waals surface area contributed by atoms with Gasteiger partial charge in [0, 0.05) is 38.4 Å². The summed E-state index contributed by atoms with van der Waals surface area (Å²) in [5, 5.41) is 2.14. The summed E-state index contributed by atoms with van der Waals surface area (Å²) in [7, 11) is 3.82. The number of nitrogens with zero attached hydrogens (tertiary/aromatic N) is 4. The Morgan fingerprint density at radius 1 is 1.11 bits per heavy atom. The van der Waals surface area contributed by atoms with Crippen molar-refractivity contribution in [1.82, 2.24) is 9.97 Å². The molecular formula is C20H23Cl2FN4S. The Kier molecular flexibility index (Phi) is 6.63. The summed E-state index contributed by atoms with van der Waals surface area (Å²) in [6.45, 7) is 2.00. The van der Waals surface area contributed by atoms with Gasteiger partial charge in [-0.25, -0.2) is 14.4 Å². The van der Waals surface area contributed by atoms with Crippen molar-refractivity contribution >= 4 is 57.1 Å². The van der Waals surface area contributed by atoms with Crippen molar-refractivity contribution in [3.8, 4) is 11.4 Å². The van der Waals surface area contributed by atoms with Gasteiger partial charge in [-0.15, -0.1) is 23.7 Å². The molecule has 4 nitrogen and oxygen atoms in total. The van der Waals surface area contributed by atoms with E-state index in [9.17, 15) is 4.39 Å². The van der Waals surface area contributed by atoms with Crippen LogP contribution < -0.4 is 9.80 Å². The number of rotatable bonds is 3. The first-order valence-corrected chi connectivity index (χ1v) is 10.5. The highest BCUT2D eigenvalue weighted by molar-refractivity contribution is 7.17. The molecule has 2 aromatic heterocycles. The summed E-state index contributed by atoms with van der Waals surface area (Å²) < 4.78 is 15.4. The van der Waals surface area contributed by atoms with E-state index in [1.807, 2.05) is 30.4 Å². The molecule has 0 unspecified atom stereocenters. The van der Waals surface area contributed by atoms with E-state index in [1.165, 1.54) is 31.7 Å². The second kappa shape index (κ2) is 8.80. The molecule has 1 aliphatic heterocycles. The van der Waals surface area contributed by atoms with Gasteiger partial charge in [-0.1, -0.05) is 24.4 Å². The first-order valence-electron chi connectivity index (χ1n) is 9.21. The van der Waals surface area contributed by atoms with Gasteiger partial charge in [0.15, 0.2) is 11.6 Å². The van der Waals surface area contributed by atoms with Crippen molar-refractivity contribution in [2.45, 2.75) is 25.7 Å². The second-order valence-corrected chi connectivity index (χ2v) is 8.41. The van der Waals surface area contributed by atoms with Crippen LogP contribution in [0.5, 0.6) is 0 Å². The highest BCUT2D eigenvalue weighted by atomic mass is 35.5. The van der Waals surface area contributed by atoms with Crippen molar-refractivity contribution in [1.29, 1.82) is 0 Å². The maximum atomic E-state index is 14.3. The highest BCUT2D eigenvalue weighted by Crippen LogP contribution is 2.37. The Hall–Kier alpha value is -1.63. The molecule has 8 heteroatoms. The molecule has 0 N–H and O–H groups in total. The number of benzene rings is 1. The molecule has 1 fully saturated rings. The molecule has 28 heavy (non-hydrogen) atoms. The van der Waals surface area contributed by atoms with Crippen LogP contribution in [-0.2, 0) is 0 Å². The van der Waals surface area contributed by atoms with Gasteiger partial charge in [-0.05, 0) is 36.4 Å². The minimum atomic E-state index is -0.456. The molecule has 1 aromatic carbocycles. The first-order chi connectivity index (χ1) is 13.0. The van der Waals surface area contributed by atoms with Crippen molar-refractivity contribution in [3.05, 3.63) is 34.4 Å². The number of halogens is 3. The van der Waals surface area contributed by atoms with Crippen LogP contribution in [0.4, 0.5) is 15.9 Å². The summed E-state index contributed by atoms with van der Waals surface area (Å²) in [6.07, 6.45) is 4.86. The average molecular weight is 441 g/mol. The zero-order chi connectivity index (χ0) is 19.0. The molecule has 0 radical (unpaired) electrons. The number of hydrogen-bond donors (Lipinski definition) is 0. The van der Waals surface area contributed by atoms with E-state index in [-0.39, 0.29) is 17.4 Å². The van der Waals surface area contributed by atoms with E-state index in [4.69, 9.17) is 21.6 Å². The van der Waals surface area contributed by atoms with Gasteiger partial charge >= 0.3 is 0 Å². The van der Waals surface area contributed by atoms with Crippen LogP contribution in [0.2, 0.25) is 5.02 Å². The average Bonchev–Trinajstić information content (AvgIpc) is 2.96. The zero-order valence-electron chi connectivity index (χ0n) is 15.9.